The molecular formula is C24H33N5O2. The fourth-order valence-corrected chi connectivity index (χ4v) is 3.73. The first kappa shape index (κ1) is 22.7. The van der Waals surface area contributed by atoms with Crippen LogP contribution < -0.4 is 10.1 Å². The number of nitrogens with zero attached hydrogens (tertiary/aromatic N) is 4. The first-order valence-corrected chi connectivity index (χ1v) is 11.0. The van der Waals surface area contributed by atoms with Gasteiger partial charge in [0.2, 0.25) is 5.91 Å². The van der Waals surface area contributed by atoms with E-state index in [9.17, 15) is 4.79 Å². The molecule has 0 fully saturated rings. The monoisotopic (exact) mass is 423 g/mol. The van der Waals surface area contributed by atoms with Crippen LogP contribution >= 0.6 is 0 Å². The van der Waals surface area contributed by atoms with Crippen LogP contribution in [-0.2, 0) is 11.2 Å². The molecule has 3 rings (SSSR count). The fourth-order valence-electron chi connectivity index (χ4n) is 3.73. The smallest absolute Gasteiger partial charge is 0.224 e. The Labute approximate surface area is 184 Å². The summed E-state index contributed by atoms with van der Waals surface area (Å²) < 4.78 is 7.65. The molecule has 0 bridgehead atoms. The van der Waals surface area contributed by atoms with E-state index >= 15 is 0 Å². The van der Waals surface area contributed by atoms with Crippen LogP contribution in [0.15, 0.2) is 30.3 Å². The van der Waals surface area contributed by atoms with Crippen molar-refractivity contribution in [1.82, 2.24) is 19.5 Å². The number of likely N-dealkylation sites (N-methyl/N-ethyl adjacent to an activating group) is 1. The molecule has 0 aliphatic carbocycles. The molecule has 1 N–H and O–H groups in total. The molecule has 0 aliphatic heterocycles. The molecule has 1 aromatic carbocycles. The Morgan fingerprint density at radius 1 is 1.13 bits per heavy atom. The van der Waals surface area contributed by atoms with Gasteiger partial charge in [-0.25, -0.2) is 9.50 Å². The van der Waals surface area contributed by atoms with E-state index in [0.29, 0.717) is 19.4 Å². The van der Waals surface area contributed by atoms with Crippen LogP contribution in [0.2, 0.25) is 0 Å². The summed E-state index contributed by atoms with van der Waals surface area (Å²) >= 11 is 0. The minimum atomic E-state index is -0.0225. The number of ether oxygens (including phenoxy) is 1. The lowest BCUT2D eigenvalue weighted by atomic mass is 10.1. The summed E-state index contributed by atoms with van der Waals surface area (Å²) in [7, 11) is 0. The van der Waals surface area contributed by atoms with E-state index in [1.165, 1.54) is 0 Å². The normalized spacial score (nSPS) is 11.3. The van der Waals surface area contributed by atoms with E-state index in [1.807, 2.05) is 55.6 Å². The number of anilines is 1. The molecule has 0 radical (unpaired) electrons. The summed E-state index contributed by atoms with van der Waals surface area (Å²) in [6, 6.07) is 9.50. The van der Waals surface area contributed by atoms with Crippen molar-refractivity contribution in [3.63, 3.8) is 0 Å². The number of benzene rings is 1. The quantitative estimate of drug-likeness (QED) is 0.535. The van der Waals surface area contributed by atoms with E-state index in [0.717, 1.165) is 59.4 Å². The maximum absolute atomic E-state index is 12.5. The zero-order valence-electron chi connectivity index (χ0n) is 19.2. The molecule has 0 saturated heterocycles. The van der Waals surface area contributed by atoms with Gasteiger partial charge in [0.15, 0.2) is 5.65 Å². The van der Waals surface area contributed by atoms with Crippen LogP contribution in [0.25, 0.3) is 5.65 Å². The maximum atomic E-state index is 12.5. The molecule has 0 unspecified atom stereocenters. The highest BCUT2D eigenvalue weighted by Gasteiger charge is 2.13. The Morgan fingerprint density at radius 3 is 2.52 bits per heavy atom. The van der Waals surface area contributed by atoms with Gasteiger partial charge in [-0.3, -0.25) is 4.79 Å². The standard InChI is InChI=1S/C24H33N5O2/c1-6-28(7-2)14-15-31-21-10-8-20(9-11-21)26-24(30)13-12-22-18(4)25-23-16-17(3)27-29(23)19(22)5/h8-11,16H,6-7,12-15H2,1-5H3,(H,26,30). The molecule has 31 heavy (non-hydrogen) atoms. The van der Waals surface area contributed by atoms with Gasteiger partial charge in [0.25, 0.3) is 0 Å². The summed E-state index contributed by atoms with van der Waals surface area (Å²) in [5.74, 6) is 0.788. The zero-order valence-corrected chi connectivity index (χ0v) is 19.2. The molecule has 166 valence electrons. The number of carbonyl (C=O) groups excluding carboxylic acids is 1. The number of aryl methyl sites for hydroxylation is 3. The number of aromatic nitrogens is 3. The van der Waals surface area contributed by atoms with E-state index < -0.39 is 0 Å². The zero-order chi connectivity index (χ0) is 22.4. The van der Waals surface area contributed by atoms with Gasteiger partial charge in [0, 0.05) is 36.1 Å². The second-order valence-electron chi connectivity index (χ2n) is 7.76. The highest BCUT2D eigenvalue weighted by molar-refractivity contribution is 5.90. The predicted octanol–water partition coefficient (Wildman–Crippen LogP) is 3.95. The molecule has 0 spiro atoms. The molecule has 2 heterocycles. The summed E-state index contributed by atoms with van der Waals surface area (Å²) in [4.78, 5) is 19.4. The Bertz CT molecular complexity index is 1020. The average Bonchev–Trinajstić information content (AvgIpc) is 3.12. The number of carbonyl (C=O) groups is 1. The Kier molecular flexibility index (Phi) is 7.63. The summed E-state index contributed by atoms with van der Waals surface area (Å²) in [6.07, 6.45) is 1.01. The van der Waals surface area contributed by atoms with Crippen LogP contribution in [0.3, 0.4) is 0 Å². The SMILES string of the molecule is CCN(CC)CCOc1ccc(NC(=O)CCc2c(C)nc3cc(C)nn3c2C)cc1. The largest absolute Gasteiger partial charge is 0.492 e. The van der Waals surface area contributed by atoms with Gasteiger partial charge in [0.1, 0.15) is 12.4 Å². The third-order valence-electron chi connectivity index (χ3n) is 5.60. The lowest BCUT2D eigenvalue weighted by Crippen LogP contribution is -2.27. The number of fused-ring (bicyclic) bond motifs is 1. The summed E-state index contributed by atoms with van der Waals surface area (Å²) in [6.45, 7) is 13.9. The van der Waals surface area contributed by atoms with Crippen molar-refractivity contribution in [1.29, 1.82) is 0 Å². The van der Waals surface area contributed by atoms with Crippen molar-refractivity contribution in [2.45, 2.75) is 47.5 Å². The van der Waals surface area contributed by atoms with Crippen LogP contribution in [0.1, 0.15) is 42.9 Å². The second kappa shape index (κ2) is 10.4. The van der Waals surface area contributed by atoms with Gasteiger partial charge in [0.05, 0.1) is 5.69 Å². The van der Waals surface area contributed by atoms with Crippen molar-refractivity contribution in [3.05, 3.63) is 53.0 Å². The molecule has 0 aliphatic rings. The van der Waals surface area contributed by atoms with E-state index in [2.05, 4.69) is 34.1 Å². The van der Waals surface area contributed by atoms with Crippen molar-refractivity contribution < 1.29 is 9.53 Å². The predicted molar refractivity (Wildman–Crippen MR) is 124 cm³/mol. The van der Waals surface area contributed by atoms with Gasteiger partial charge < -0.3 is 15.0 Å². The van der Waals surface area contributed by atoms with E-state index in [1.54, 1.807) is 0 Å². The Balaban J connectivity index is 1.52. The number of rotatable bonds is 10. The van der Waals surface area contributed by atoms with Crippen LogP contribution in [0.4, 0.5) is 5.69 Å². The molecule has 7 nitrogen and oxygen atoms in total. The van der Waals surface area contributed by atoms with Gasteiger partial charge in [-0.05, 0) is 70.1 Å². The third-order valence-corrected chi connectivity index (χ3v) is 5.60. The van der Waals surface area contributed by atoms with Crippen molar-refractivity contribution in [3.8, 4) is 5.75 Å². The molecule has 0 saturated carbocycles. The molecule has 2 aromatic heterocycles. The van der Waals surface area contributed by atoms with Crippen LogP contribution in [-0.4, -0.2) is 51.6 Å². The highest BCUT2D eigenvalue weighted by atomic mass is 16.5. The topological polar surface area (TPSA) is 71.8 Å². The minimum Gasteiger partial charge on any atom is -0.492 e. The molecule has 7 heteroatoms. The summed E-state index contributed by atoms with van der Waals surface area (Å²) in [5, 5.41) is 7.46. The lowest BCUT2D eigenvalue weighted by molar-refractivity contribution is -0.116. The summed E-state index contributed by atoms with van der Waals surface area (Å²) in [5.41, 5.74) is 5.61. The molecular weight excluding hydrogens is 390 g/mol. The van der Waals surface area contributed by atoms with Gasteiger partial charge in [-0.15, -0.1) is 0 Å². The van der Waals surface area contributed by atoms with Crippen LogP contribution in [0.5, 0.6) is 5.75 Å². The number of amides is 1. The molecule has 3 aromatic rings. The third kappa shape index (κ3) is 5.82. The number of nitrogens with one attached hydrogen (secondary N) is 1. The average molecular weight is 424 g/mol. The first-order chi connectivity index (χ1) is 14.9. The second-order valence-corrected chi connectivity index (χ2v) is 7.76. The number of hydrogen-bond acceptors (Lipinski definition) is 5. The van der Waals surface area contributed by atoms with Crippen molar-refractivity contribution in [2.24, 2.45) is 0 Å². The Morgan fingerprint density at radius 2 is 1.84 bits per heavy atom. The van der Waals surface area contributed by atoms with Gasteiger partial charge >= 0.3 is 0 Å². The van der Waals surface area contributed by atoms with Crippen molar-refractivity contribution >= 4 is 17.2 Å². The fraction of sp³-hybridized carbons (Fsp3) is 0.458. The first-order valence-electron chi connectivity index (χ1n) is 11.0. The lowest BCUT2D eigenvalue weighted by Gasteiger charge is -2.18. The van der Waals surface area contributed by atoms with E-state index in [-0.39, 0.29) is 5.91 Å². The minimum absolute atomic E-state index is 0.0225. The Hall–Kier alpha value is -2.93. The molecule has 1 amide bonds. The van der Waals surface area contributed by atoms with Crippen molar-refractivity contribution in [2.75, 3.05) is 31.6 Å². The van der Waals surface area contributed by atoms with Gasteiger partial charge in [-0.1, -0.05) is 13.8 Å². The van der Waals surface area contributed by atoms with E-state index in [4.69, 9.17) is 4.74 Å². The maximum Gasteiger partial charge on any atom is 0.224 e. The van der Waals surface area contributed by atoms with Crippen LogP contribution in [0, 0.1) is 20.8 Å². The molecule has 0 atom stereocenters. The number of hydrogen-bond donors (Lipinski definition) is 1. The van der Waals surface area contributed by atoms with Gasteiger partial charge in [-0.2, -0.15) is 5.10 Å². The highest BCUT2D eigenvalue weighted by Crippen LogP contribution is 2.19.